The summed E-state index contributed by atoms with van der Waals surface area (Å²) in [7, 11) is 0. The molecule has 0 fully saturated rings. The lowest BCUT2D eigenvalue weighted by Gasteiger charge is -2.20. The second-order valence-corrected chi connectivity index (χ2v) is 11.7. The van der Waals surface area contributed by atoms with E-state index in [4.69, 9.17) is 6.85 Å². The number of nitrogens with zero attached hydrogens (tertiary/aromatic N) is 3. The van der Waals surface area contributed by atoms with Crippen LogP contribution in [0.2, 0.25) is 0 Å². The molecule has 2 aromatic heterocycles. The maximum absolute atomic E-state index is 8.77. The zero-order valence-electron chi connectivity index (χ0n) is 30.4. The van der Waals surface area contributed by atoms with Gasteiger partial charge in [-0.2, -0.15) is 0 Å². The maximum Gasteiger partial charge on any atom is 0.114 e. The fraction of sp³-hybridized carbons (Fsp3) is 0.0455. The van der Waals surface area contributed by atoms with Crippen molar-refractivity contribution in [3.63, 3.8) is 0 Å². The van der Waals surface area contributed by atoms with Crippen molar-refractivity contribution >= 4 is 43.4 Å². The Morgan fingerprint density at radius 2 is 1.09 bits per heavy atom. The number of pyridine rings is 1. The Labute approximate surface area is 280 Å². The normalized spacial score (nSPS) is 13.7. The molecule has 0 aliphatic heterocycles. The van der Waals surface area contributed by atoms with Crippen LogP contribution in [0, 0.1) is 0 Å². The zero-order valence-corrected chi connectivity index (χ0v) is 25.4. The van der Waals surface area contributed by atoms with Gasteiger partial charge in [0.1, 0.15) is 5.82 Å². The Morgan fingerprint density at radius 1 is 0.532 bits per heavy atom. The summed E-state index contributed by atoms with van der Waals surface area (Å²) in [4.78, 5) is 8.75. The highest BCUT2D eigenvalue weighted by Gasteiger charge is 2.20. The van der Waals surface area contributed by atoms with Gasteiger partial charge in [0.15, 0.2) is 0 Å². The molecule has 0 atom stereocenters. The minimum atomic E-state index is -2.93. The molecule has 0 saturated heterocycles. The molecule has 0 bridgehead atoms. The first-order valence-corrected chi connectivity index (χ1v) is 15.7. The number of rotatable bonds is 5. The molecule has 7 aromatic carbocycles. The van der Waals surface area contributed by atoms with E-state index >= 15 is 0 Å². The third-order valence-corrected chi connectivity index (χ3v) is 9.20. The standard InChI is InChI=1S/C44H31N3/c1-2-42-46-39-17-9-10-18-41(39)47(42)40-24-23-38(32-11-3-4-12-33(32)40)44-36-15-7-5-13-34(36)43(35-14-6-8-16-37(35)44)31-21-19-29(20-22-31)30-25-27-45-28-26-30/h3-28H,2H2,1H3/i1D3,2D2. The molecule has 222 valence electrons. The van der Waals surface area contributed by atoms with Crippen molar-refractivity contribution in [1.29, 1.82) is 0 Å². The van der Waals surface area contributed by atoms with Gasteiger partial charge in [-0.25, -0.2) is 4.98 Å². The quantitative estimate of drug-likeness (QED) is 0.183. The summed E-state index contributed by atoms with van der Waals surface area (Å²) in [6.07, 6.45) is 0.917. The third-order valence-electron chi connectivity index (χ3n) is 9.20. The monoisotopic (exact) mass is 606 g/mol. The van der Waals surface area contributed by atoms with Gasteiger partial charge in [-0.15, -0.1) is 0 Å². The van der Waals surface area contributed by atoms with Crippen molar-refractivity contribution in [2.75, 3.05) is 0 Å². The smallest absolute Gasteiger partial charge is 0.114 e. The van der Waals surface area contributed by atoms with Gasteiger partial charge in [0.05, 0.1) is 16.7 Å². The van der Waals surface area contributed by atoms with Crippen LogP contribution in [0.1, 0.15) is 19.5 Å². The van der Waals surface area contributed by atoms with Crippen LogP contribution < -0.4 is 0 Å². The number of aryl methyl sites for hydroxylation is 1. The van der Waals surface area contributed by atoms with Crippen molar-refractivity contribution in [2.24, 2.45) is 0 Å². The molecule has 0 N–H and O–H groups in total. The van der Waals surface area contributed by atoms with E-state index in [1.165, 1.54) is 5.56 Å². The molecule has 0 radical (unpaired) electrons. The first kappa shape index (κ1) is 22.4. The first-order chi connectivity index (χ1) is 25.2. The van der Waals surface area contributed by atoms with Crippen LogP contribution in [0.4, 0.5) is 0 Å². The van der Waals surface area contributed by atoms with E-state index in [0.717, 1.165) is 60.1 Å². The summed E-state index contributed by atoms with van der Waals surface area (Å²) in [6.45, 7) is -2.93. The van der Waals surface area contributed by atoms with E-state index in [1.54, 1.807) is 10.6 Å². The Balaban J connectivity index is 1.31. The highest BCUT2D eigenvalue weighted by atomic mass is 15.1. The third kappa shape index (κ3) is 4.35. The first-order valence-electron chi connectivity index (χ1n) is 18.2. The fourth-order valence-electron chi connectivity index (χ4n) is 7.15. The van der Waals surface area contributed by atoms with Gasteiger partial charge in [-0.3, -0.25) is 9.55 Å². The molecule has 0 aliphatic carbocycles. The number of benzene rings is 7. The molecule has 9 aromatic rings. The molecule has 47 heavy (non-hydrogen) atoms. The molecule has 0 spiro atoms. The largest absolute Gasteiger partial charge is 0.296 e. The van der Waals surface area contributed by atoms with Crippen LogP contribution in [0.5, 0.6) is 0 Å². The van der Waals surface area contributed by atoms with Crippen molar-refractivity contribution in [2.45, 2.75) is 13.2 Å². The van der Waals surface area contributed by atoms with Crippen LogP contribution in [0.15, 0.2) is 158 Å². The number of hydrogen-bond acceptors (Lipinski definition) is 2. The summed E-state index contributed by atoms with van der Waals surface area (Å²) in [6, 6.07) is 49.3. The summed E-state index contributed by atoms with van der Waals surface area (Å²) < 4.78 is 43.5. The number of imidazole rings is 1. The molecule has 2 heterocycles. The lowest BCUT2D eigenvalue weighted by molar-refractivity contribution is 0.913. The van der Waals surface area contributed by atoms with Crippen LogP contribution in [-0.4, -0.2) is 14.5 Å². The average Bonchev–Trinajstić information content (AvgIpc) is 3.57. The molecular weight excluding hydrogens is 571 g/mol. The van der Waals surface area contributed by atoms with E-state index in [1.807, 2.05) is 67.0 Å². The van der Waals surface area contributed by atoms with Gasteiger partial charge in [-0.05, 0) is 90.6 Å². The minimum Gasteiger partial charge on any atom is -0.296 e. The van der Waals surface area contributed by atoms with Crippen molar-refractivity contribution in [3.8, 4) is 39.1 Å². The molecule has 0 unspecified atom stereocenters. The van der Waals surface area contributed by atoms with E-state index in [-0.39, 0.29) is 5.82 Å². The molecule has 0 saturated carbocycles. The second kappa shape index (κ2) is 11.1. The number of hydrogen-bond donors (Lipinski definition) is 0. The summed E-state index contributed by atoms with van der Waals surface area (Å²) >= 11 is 0. The SMILES string of the molecule is [2H]C([2H])([2H])C([2H])([2H])c1nc2ccccc2n1-c1ccc(-c2c3ccccc3c(-c3ccc(-c4ccncc4)cc3)c3ccccc23)c2ccccc12. The summed E-state index contributed by atoms with van der Waals surface area (Å²) in [5, 5.41) is 6.31. The van der Waals surface area contributed by atoms with Crippen LogP contribution >= 0.6 is 0 Å². The number of fused-ring (bicyclic) bond motifs is 4. The average molecular weight is 607 g/mol. The minimum absolute atomic E-state index is 0.151. The van der Waals surface area contributed by atoms with Gasteiger partial charge >= 0.3 is 0 Å². The van der Waals surface area contributed by atoms with E-state index < -0.39 is 13.2 Å². The van der Waals surface area contributed by atoms with Gasteiger partial charge < -0.3 is 0 Å². The predicted molar refractivity (Wildman–Crippen MR) is 197 cm³/mol. The van der Waals surface area contributed by atoms with Crippen molar-refractivity contribution in [1.82, 2.24) is 14.5 Å². The topological polar surface area (TPSA) is 30.7 Å². The lowest BCUT2D eigenvalue weighted by Crippen LogP contribution is -2.01. The number of aromatic nitrogens is 3. The number of para-hydroxylation sites is 2. The van der Waals surface area contributed by atoms with E-state index in [2.05, 4.69) is 94.9 Å². The summed E-state index contributed by atoms with van der Waals surface area (Å²) in [5.41, 5.74) is 8.49. The maximum atomic E-state index is 8.77. The van der Waals surface area contributed by atoms with Gasteiger partial charge in [0.25, 0.3) is 0 Å². The molecular formula is C44H31N3. The second-order valence-electron chi connectivity index (χ2n) is 11.7. The van der Waals surface area contributed by atoms with Crippen LogP contribution in [0.3, 0.4) is 0 Å². The Kier molecular flexibility index (Phi) is 5.29. The van der Waals surface area contributed by atoms with E-state index in [0.29, 0.717) is 16.7 Å². The molecule has 0 aliphatic rings. The molecule has 0 amide bonds. The molecule has 9 rings (SSSR count). The lowest BCUT2D eigenvalue weighted by atomic mass is 9.84. The van der Waals surface area contributed by atoms with Crippen LogP contribution in [-0.2, 0) is 6.37 Å². The van der Waals surface area contributed by atoms with Crippen molar-refractivity contribution < 1.29 is 6.85 Å². The van der Waals surface area contributed by atoms with Gasteiger partial charge in [-0.1, -0.05) is 122 Å². The Bertz CT molecular complexity index is 2750. The Morgan fingerprint density at radius 3 is 1.77 bits per heavy atom. The highest BCUT2D eigenvalue weighted by Crippen LogP contribution is 2.46. The Hall–Kier alpha value is -6.06. The molecule has 3 nitrogen and oxygen atoms in total. The van der Waals surface area contributed by atoms with E-state index in [9.17, 15) is 0 Å². The fourth-order valence-corrected chi connectivity index (χ4v) is 7.15. The zero-order chi connectivity index (χ0) is 35.6. The van der Waals surface area contributed by atoms with Crippen molar-refractivity contribution in [3.05, 3.63) is 164 Å². The molecule has 3 heteroatoms. The predicted octanol–water partition coefficient (Wildman–Crippen LogP) is 11.4. The summed E-state index contributed by atoms with van der Waals surface area (Å²) in [5.74, 6) is -0.151. The van der Waals surface area contributed by atoms with Crippen LogP contribution in [0.25, 0.3) is 82.4 Å². The van der Waals surface area contributed by atoms with Gasteiger partial charge in [0.2, 0.25) is 0 Å². The highest BCUT2D eigenvalue weighted by molar-refractivity contribution is 6.23. The van der Waals surface area contributed by atoms with Gasteiger partial charge in [0, 0.05) is 31.0 Å².